The first-order chi connectivity index (χ1) is 8.08. The zero-order chi connectivity index (χ0) is 12.4. The Bertz CT molecular complexity index is 441. The molecule has 2 heterocycles. The standard InChI is InChI=1S/C11H15N3O3/c1-7-4-8(13-5-7)10(15)14-3-2-12-9(6-14)11(16)17/h4-5,9,12-13H,2-3,6H2,1H3,(H,16,17)/t9-/m1/s1. The van der Waals surface area contributed by atoms with Crippen molar-refractivity contribution in [2.24, 2.45) is 0 Å². The van der Waals surface area contributed by atoms with Gasteiger partial charge in [-0.3, -0.25) is 9.59 Å². The topological polar surface area (TPSA) is 85.4 Å². The Morgan fingerprint density at radius 2 is 2.29 bits per heavy atom. The molecule has 92 valence electrons. The van der Waals surface area contributed by atoms with Crippen LogP contribution in [-0.4, -0.2) is 52.5 Å². The van der Waals surface area contributed by atoms with Gasteiger partial charge in [-0.05, 0) is 18.6 Å². The summed E-state index contributed by atoms with van der Waals surface area (Å²) in [7, 11) is 0. The Morgan fingerprint density at radius 3 is 2.88 bits per heavy atom. The minimum absolute atomic E-state index is 0.147. The molecule has 1 aromatic heterocycles. The highest BCUT2D eigenvalue weighted by atomic mass is 16.4. The summed E-state index contributed by atoms with van der Waals surface area (Å²) in [6.45, 7) is 3.13. The van der Waals surface area contributed by atoms with Crippen molar-refractivity contribution in [2.45, 2.75) is 13.0 Å². The summed E-state index contributed by atoms with van der Waals surface area (Å²) in [4.78, 5) is 27.4. The number of amides is 1. The van der Waals surface area contributed by atoms with Gasteiger partial charge in [0.1, 0.15) is 11.7 Å². The van der Waals surface area contributed by atoms with E-state index < -0.39 is 12.0 Å². The van der Waals surface area contributed by atoms with Crippen molar-refractivity contribution in [1.29, 1.82) is 0 Å². The number of piperazine rings is 1. The van der Waals surface area contributed by atoms with E-state index >= 15 is 0 Å². The van der Waals surface area contributed by atoms with Gasteiger partial charge in [-0.15, -0.1) is 0 Å². The lowest BCUT2D eigenvalue weighted by Crippen LogP contribution is -2.55. The van der Waals surface area contributed by atoms with Crippen LogP contribution in [0.5, 0.6) is 0 Å². The van der Waals surface area contributed by atoms with E-state index in [0.29, 0.717) is 18.8 Å². The molecule has 0 radical (unpaired) electrons. The number of hydrogen-bond acceptors (Lipinski definition) is 3. The van der Waals surface area contributed by atoms with E-state index in [9.17, 15) is 9.59 Å². The van der Waals surface area contributed by atoms with Crippen molar-refractivity contribution < 1.29 is 14.7 Å². The minimum Gasteiger partial charge on any atom is -0.480 e. The number of aromatic amines is 1. The van der Waals surface area contributed by atoms with Crippen LogP contribution in [0.4, 0.5) is 0 Å². The lowest BCUT2D eigenvalue weighted by atomic mass is 10.2. The number of carboxylic acid groups (broad SMARTS) is 1. The van der Waals surface area contributed by atoms with Crippen LogP contribution in [0.3, 0.4) is 0 Å². The van der Waals surface area contributed by atoms with Gasteiger partial charge in [0.25, 0.3) is 5.91 Å². The number of nitrogens with one attached hydrogen (secondary N) is 2. The molecule has 1 atom stereocenters. The zero-order valence-electron chi connectivity index (χ0n) is 9.56. The molecule has 1 fully saturated rings. The molecule has 17 heavy (non-hydrogen) atoms. The van der Waals surface area contributed by atoms with Gasteiger partial charge < -0.3 is 20.3 Å². The fourth-order valence-electron chi connectivity index (χ4n) is 1.90. The third-order valence-electron chi connectivity index (χ3n) is 2.82. The third-order valence-corrected chi connectivity index (χ3v) is 2.82. The first kappa shape index (κ1) is 11.7. The van der Waals surface area contributed by atoms with Gasteiger partial charge >= 0.3 is 5.97 Å². The van der Waals surface area contributed by atoms with Gasteiger partial charge in [-0.25, -0.2) is 0 Å². The molecule has 0 bridgehead atoms. The van der Waals surface area contributed by atoms with Gasteiger partial charge in [-0.2, -0.15) is 0 Å². The van der Waals surface area contributed by atoms with Crippen molar-refractivity contribution in [3.8, 4) is 0 Å². The van der Waals surface area contributed by atoms with Crippen molar-refractivity contribution in [3.05, 3.63) is 23.5 Å². The quantitative estimate of drug-likeness (QED) is 0.666. The van der Waals surface area contributed by atoms with Crippen molar-refractivity contribution >= 4 is 11.9 Å². The number of carbonyl (C=O) groups is 2. The number of hydrogen-bond donors (Lipinski definition) is 3. The Labute approximate surface area is 98.6 Å². The van der Waals surface area contributed by atoms with E-state index in [4.69, 9.17) is 5.11 Å². The van der Waals surface area contributed by atoms with E-state index in [-0.39, 0.29) is 12.5 Å². The second-order valence-corrected chi connectivity index (χ2v) is 4.19. The average molecular weight is 237 g/mol. The second-order valence-electron chi connectivity index (χ2n) is 4.19. The predicted molar refractivity (Wildman–Crippen MR) is 60.9 cm³/mol. The highest BCUT2D eigenvalue weighted by Crippen LogP contribution is 2.08. The number of carbonyl (C=O) groups excluding carboxylic acids is 1. The van der Waals surface area contributed by atoms with E-state index in [2.05, 4.69) is 10.3 Å². The van der Waals surface area contributed by atoms with E-state index in [1.54, 1.807) is 17.2 Å². The molecule has 1 aliphatic rings. The molecular weight excluding hydrogens is 222 g/mol. The Balaban J connectivity index is 2.07. The van der Waals surface area contributed by atoms with Crippen LogP contribution in [0, 0.1) is 6.92 Å². The zero-order valence-corrected chi connectivity index (χ0v) is 9.56. The largest absolute Gasteiger partial charge is 0.480 e. The fraction of sp³-hybridized carbons (Fsp3) is 0.455. The SMILES string of the molecule is Cc1c[nH]c(C(=O)N2CCN[C@@H](C(=O)O)C2)c1. The molecule has 1 saturated heterocycles. The molecule has 0 spiro atoms. The van der Waals surface area contributed by atoms with Gasteiger partial charge in [0.15, 0.2) is 0 Å². The highest BCUT2D eigenvalue weighted by Gasteiger charge is 2.28. The molecule has 6 heteroatoms. The van der Waals surface area contributed by atoms with Crippen LogP contribution in [0.2, 0.25) is 0 Å². The Morgan fingerprint density at radius 1 is 1.53 bits per heavy atom. The summed E-state index contributed by atoms with van der Waals surface area (Å²) in [5.41, 5.74) is 1.49. The van der Waals surface area contributed by atoms with Gasteiger partial charge in [0.05, 0.1) is 0 Å². The van der Waals surface area contributed by atoms with Gasteiger partial charge in [-0.1, -0.05) is 0 Å². The van der Waals surface area contributed by atoms with Crippen LogP contribution in [0.1, 0.15) is 16.1 Å². The van der Waals surface area contributed by atoms with E-state index in [0.717, 1.165) is 5.56 Å². The molecule has 0 aromatic carbocycles. The van der Waals surface area contributed by atoms with Crippen LogP contribution in [0.25, 0.3) is 0 Å². The normalized spacial score (nSPS) is 20.3. The lowest BCUT2D eigenvalue weighted by molar-refractivity contribution is -0.140. The van der Waals surface area contributed by atoms with Crippen LogP contribution in [0.15, 0.2) is 12.3 Å². The maximum absolute atomic E-state index is 12.1. The summed E-state index contributed by atoms with van der Waals surface area (Å²) in [6.07, 6.45) is 1.75. The number of rotatable bonds is 2. The smallest absolute Gasteiger partial charge is 0.322 e. The minimum atomic E-state index is -0.926. The van der Waals surface area contributed by atoms with E-state index in [1.165, 1.54) is 0 Å². The van der Waals surface area contributed by atoms with Crippen molar-refractivity contribution in [2.75, 3.05) is 19.6 Å². The van der Waals surface area contributed by atoms with Crippen molar-refractivity contribution in [3.63, 3.8) is 0 Å². The molecule has 6 nitrogen and oxygen atoms in total. The summed E-state index contributed by atoms with van der Waals surface area (Å²) >= 11 is 0. The number of aliphatic carboxylic acids is 1. The van der Waals surface area contributed by atoms with Crippen LogP contribution >= 0.6 is 0 Å². The molecule has 3 N–H and O–H groups in total. The molecule has 0 saturated carbocycles. The summed E-state index contributed by atoms with van der Waals surface area (Å²) in [5.74, 6) is -1.07. The van der Waals surface area contributed by atoms with Crippen LogP contribution in [-0.2, 0) is 4.79 Å². The molecular formula is C11H15N3O3. The molecule has 2 rings (SSSR count). The highest BCUT2D eigenvalue weighted by molar-refractivity contribution is 5.93. The maximum atomic E-state index is 12.1. The first-order valence-corrected chi connectivity index (χ1v) is 5.48. The number of aromatic nitrogens is 1. The summed E-state index contributed by atoms with van der Waals surface area (Å²) in [6, 6.07) is 1.09. The maximum Gasteiger partial charge on any atom is 0.322 e. The van der Waals surface area contributed by atoms with Gasteiger partial charge in [0, 0.05) is 25.8 Å². The lowest BCUT2D eigenvalue weighted by Gasteiger charge is -2.31. The first-order valence-electron chi connectivity index (χ1n) is 5.48. The average Bonchev–Trinajstić information content (AvgIpc) is 2.75. The number of carboxylic acids is 1. The molecule has 1 aromatic rings. The fourth-order valence-corrected chi connectivity index (χ4v) is 1.90. The summed E-state index contributed by atoms with van der Waals surface area (Å²) < 4.78 is 0. The predicted octanol–water partition coefficient (Wildman–Crippen LogP) is -0.178. The van der Waals surface area contributed by atoms with Gasteiger partial charge in [0.2, 0.25) is 0 Å². The number of nitrogens with zero attached hydrogens (tertiary/aromatic N) is 1. The second kappa shape index (κ2) is 4.58. The Kier molecular flexibility index (Phi) is 3.14. The number of H-pyrrole nitrogens is 1. The monoisotopic (exact) mass is 237 g/mol. The Hall–Kier alpha value is -1.82. The molecule has 1 amide bonds. The third kappa shape index (κ3) is 2.47. The molecule has 0 unspecified atom stereocenters. The number of aryl methyl sites for hydroxylation is 1. The summed E-state index contributed by atoms with van der Waals surface area (Å²) in [5, 5.41) is 11.8. The molecule has 0 aliphatic carbocycles. The van der Waals surface area contributed by atoms with E-state index in [1.807, 2.05) is 6.92 Å². The van der Waals surface area contributed by atoms with Crippen LogP contribution < -0.4 is 5.32 Å². The molecule has 1 aliphatic heterocycles. The van der Waals surface area contributed by atoms with Crippen molar-refractivity contribution in [1.82, 2.24) is 15.2 Å².